The van der Waals surface area contributed by atoms with Gasteiger partial charge in [0.05, 0.1) is 13.2 Å². The molecule has 0 spiro atoms. The molecule has 144 valence electrons. The van der Waals surface area contributed by atoms with Crippen molar-refractivity contribution in [2.75, 3.05) is 52.5 Å². The molecule has 2 saturated heterocycles. The lowest BCUT2D eigenvalue weighted by molar-refractivity contribution is 0.0373. The predicted molar refractivity (Wildman–Crippen MR) is 102 cm³/mol. The van der Waals surface area contributed by atoms with Gasteiger partial charge in [0.15, 0.2) is 0 Å². The fourth-order valence-corrected chi connectivity index (χ4v) is 3.11. The minimum Gasteiger partial charge on any atom is -0.423 e. The van der Waals surface area contributed by atoms with Gasteiger partial charge in [0.25, 0.3) is 0 Å². The second kappa shape index (κ2) is 10.5. The minimum absolute atomic E-state index is 0.124. The fraction of sp³-hybridized carbons (Fsp3) is 0.611. The van der Waals surface area contributed by atoms with Crippen LogP contribution in [0.15, 0.2) is 24.3 Å². The molecule has 2 aliphatic heterocycles. The number of benzene rings is 1. The molecule has 8 heteroatoms. The Bertz CT molecular complexity index is 542. The molecule has 3 rings (SSSR count). The largest absolute Gasteiger partial charge is 0.488 e. The number of ether oxygens (including phenoxy) is 1. The topological polar surface area (TPSA) is 76.5 Å². The SMILES string of the molecule is CC.O=C(N1CCOCC1)N1CCN(Cc2ccc(B(O)O)cc2)CC1. The normalized spacial score (nSPS) is 18.2. The maximum Gasteiger partial charge on any atom is 0.488 e. The summed E-state index contributed by atoms with van der Waals surface area (Å²) in [4.78, 5) is 18.6. The Kier molecular flexibility index (Phi) is 8.38. The molecule has 2 N–H and O–H groups in total. The zero-order chi connectivity index (χ0) is 18.9. The monoisotopic (exact) mass is 363 g/mol. The Hall–Kier alpha value is -1.61. The van der Waals surface area contributed by atoms with E-state index < -0.39 is 7.12 Å². The molecule has 2 heterocycles. The zero-order valence-electron chi connectivity index (χ0n) is 15.8. The molecule has 0 atom stereocenters. The van der Waals surface area contributed by atoms with Crippen LogP contribution < -0.4 is 5.46 Å². The van der Waals surface area contributed by atoms with Crippen LogP contribution in [0.3, 0.4) is 0 Å². The lowest BCUT2D eigenvalue weighted by Crippen LogP contribution is -2.54. The highest BCUT2D eigenvalue weighted by Gasteiger charge is 2.26. The van der Waals surface area contributed by atoms with E-state index in [0.717, 1.165) is 38.3 Å². The first-order valence-corrected chi connectivity index (χ1v) is 9.42. The van der Waals surface area contributed by atoms with Crippen LogP contribution in [0.1, 0.15) is 19.4 Å². The Morgan fingerprint density at radius 1 is 0.962 bits per heavy atom. The van der Waals surface area contributed by atoms with Gasteiger partial charge in [-0.3, -0.25) is 4.90 Å². The van der Waals surface area contributed by atoms with Gasteiger partial charge in [-0.25, -0.2) is 4.79 Å². The molecule has 2 fully saturated rings. The summed E-state index contributed by atoms with van der Waals surface area (Å²) < 4.78 is 5.29. The van der Waals surface area contributed by atoms with Gasteiger partial charge < -0.3 is 24.6 Å². The predicted octanol–water partition coefficient (Wildman–Crippen LogP) is -0.0376. The number of carbonyl (C=O) groups is 1. The molecule has 1 aromatic rings. The molecule has 0 aliphatic carbocycles. The van der Waals surface area contributed by atoms with Gasteiger partial charge in [0.2, 0.25) is 0 Å². The molecule has 26 heavy (non-hydrogen) atoms. The van der Waals surface area contributed by atoms with E-state index in [1.54, 1.807) is 12.1 Å². The van der Waals surface area contributed by atoms with Crippen LogP contribution in [0.4, 0.5) is 4.79 Å². The first kappa shape index (κ1) is 20.7. The maximum atomic E-state index is 12.4. The molecule has 0 bridgehead atoms. The average Bonchev–Trinajstić information content (AvgIpc) is 2.71. The van der Waals surface area contributed by atoms with Crippen molar-refractivity contribution in [2.24, 2.45) is 0 Å². The van der Waals surface area contributed by atoms with Crippen molar-refractivity contribution >= 4 is 18.6 Å². The Labute approximate surface area is 156 Å². The lowest BCUT2D eigenvalue weighted by atomic mass is 9.80. The standard InChI is InChI=1S/C16H24BN3O4.C2H6/c21-16(20-9-11-24-12-10-20)19-7-5-18(6-8-19)13-14-1-3-15(4-2-14)17(22)23;1-2/h1-4,22-23H,5-13H2;1-2H3. The summed E-state index contributed by atoms with van der Waals surface area (Å²) in [6.07, 6.45) is 0. The number of morpholine rings is 1. The van der Waals surface area contributed by atoms with Gasteiger partial charge in [-0.15, -0.1) is 0 Å². The van der Waals surface area contributed by atoms with Crippen LogP contribution in [0, 0.1) is 0 Å². The minimum atomic E-state index is -1.42. The van der Waals surface area contributed by atoms with E-state index in [-0.39, 0.29) is 6.03 Å². The quantitative estimate of drug-likeness (QED) is 0.738. The van der Waals surface area contributed by atoms with Crippen molar-refractivity contribution in [3.05, 3.63) is 29.8 Å². The third-order valence-corrected chi connectivity index (χ3v) is 4.61. The number of piperazine rings is 1. The molecule has 1 aromatic carbocycles. The number of urea groups is 1. The summed E-state index contributed by atoms with van der Waals surface area (Å²) in [7, 11) is -1.42. The van der Waals surface area contributed by atoms with Gasteiger partial charge in [0.1, 0.15) is 0 Å². The van der Waals surface area contributed by atoms with Gasteiger partial charge in [0, 0.05) is 45.8 Å². The molecule has 7 nitrogen and oxygen atoms in total. The van der Waals surface area contributed by atoms with Crippen molar-refractivity contribution in [2.45, 2.75) is 20.4 Å². The number of hydrogen-bond acceptors (Lipinski definition) is 5. The Balaban J connectivity index is 0.00000117. The van der Waals surface area contributed by atoms with Gasteiger partial charge in [-0.2, -0.15) is 0 Å². The zero-order valence-corrected chi connectivity index (χ0v) is 15.8. The first-order valence-electron chi connectivity index (χ1n) is 9.42. The van der Waals surface area contributed by atoms with E-state index in [0.29, 0.717) is 31.8 Å². The van der Waals surface area contributed by atoms with E-state index in [4.69, 9.17) is 14.8 Å². The van der Waals surface area contributed by atoms with E-state index >= 15 is 0 Å². The number of hydrogen-bond donors (Lipinski definition) is 2. The second-order valence-electron chi connectivity index (χ2n) is 6.26. The van der Waals surface area contributed by atoms with E-state index in [1.165, 1.54) is 0 Å². The molecule has 0 saturated carbocycles. The molecule has 0 unspecified atom stereocenters. The van der Waals surface area contributed by atoms with Crippen LogP contribution in [0.5, 0.6) is 0 Å². The van der Waals surface area contributed by atoms with Crippen molar-refractivity contribution in [1.29, 1.82) is 0 Å². The van der Waals surface area contributed by atoms with Crippen LogP contribution in [0.25, 0.3) is 0 Å². The molecular formula is C18H30BN3O4. The third-order valence-electron chi connectivity index (χ3n) is 4.61. The molecule has 0 radical (unpaired) electrons. The van der Waals surface area contributed by atoms with Crippen LogP contribution in [-0.4, -0.2) is 90.4 Å². The van der Waals surface area contributed by atoms with E-state index in [9.17, 15) is 4.79 Å². The van der Waals surface area contributed by atoms with Crippen LogP contribution in [-0.2, 0) is 11.3 Å². The van der Waals surface area contributed by atoms with Gasteiger partial charge in [-0.1, -0.05) is 38.1 Å². The van der Waals surface area contributed by atoms with Gasteiger partial charge in [-0.05, 0) is 11.0 Å². The molecule has 2 aliphatic rings. The molecular weight excluding hydrogens is 333 g/mol. The number of nitrogens with zero attached hydrogens (tertiary/aromatic N) is 3. The Morgan fingerprint density at radius 2 is 1.50 bits per heavy atom. The van der Waals surface area contributed by atoms with Crippen molar-refractivity contribution in [1.82, 2.24) is 14.7 Å². The van der Waals surface area contributed by atoms with Crippen molar-refractivity contribution in [3.63, 3.8) is 0 Å². The highest BCUT2D eigenvalue weighted by molar-refractivity contribution is 6.58. The second-order valence-corrected chi connectivity index (χ2v) is 6.26. The average molecular weight is 363 g/mol. The molecule has 2 amide bonds. The summed E-state index contributed by atoms with van der Waals surface area (Å²) in [5.74, 6) is 0. The van der Waals surface area contributed by atoms with Crippen molar-refractivity contribution in [3.8, 4) is 0 Å². The van der Waals surface area contributed by atoms with E-state index in [2.05, 4.69) is 4.90 Å². The summed E-state index contributed by atoms with van der Waals surface area (Å²) in [5.41, 5.74) is 1.63. The number of carbonyl (C=O) groups excluding carboxylic acids is 1. The summed E-state index contributed by atoms with van der Waals surface area (Å²) >= 11 is 0. The Morgan fingerprint density at radius 3 is 2.04 bits per heavy atom. The van der Waals surface area contributed by atoms with E-state index in [1.807, 2.05) is 35.8 Å². The first-order chi connectivity index (χ1) is 12.6. The summed E-state index contributed by atoms with van der Waals surface area (Å²) in [6, 6.07) is 7.43. The number of rotatable bonds is 3. The molecule has 0 aromatic heterocycles. The lowest BCUT2D eigenvalue weighted by Gasteiger charge is -2.38. The smallest absolute Gasteiger partial charge is 0.423 e. The summed E-state index contributed by atoms with van der Waals surface area (Å²) in [6.45, 7) is 10.6. The van der Waals surface area contributed by atoms with Crippen LogP contribution >= 0.6 is 0 Å². The highest BCUT2D eigenvalue weighted by Crippen LogP contribution is 2.11. The third kappa shape index (κ3) is 5.70. The number of amides is 2. The van der Waals surface area contributed by atoms with Crippen molar-refractivity contribution < 1.29 is 19.6 Å². The highest BCUT2D eigenvalue weighted by atomic mass is 16.5. The maximum absolute atomic E-state index is 12.4. The van der Waals surface area contributed by atoms with Gasteiger partial charge >= 0.3 is 13.1 Å². The fourth-order valence-electron chi connectivity index (χ4n) is 3.11. The summed E-state index contributed by atoms with van der Waals surface area (Å²) in [5, 5.41) is 18.2. The van der Waals surface area contributed by atoms with Crippen LogP contribution in [0.2, 0.25) is 0 Å².